The Kier molecular flexibility index (Phi) is 5.68. The van der Waals surface area contributed by atoms with Crippen molar-refractivity contribution in [3.05, 3.63) is 29.8 Å². The van der Waals surface area contributed by atoms with Gasteiger partial charge in [0.15, 0.2) is 0 Å². The van der Waals surface area contributed by atoms with Crippen molar-refractivity contribution >= 4 is 5.78 Å². The maximum Gasteiger partial charge on any atom is 0.216 e. The van der Waals surface area contributed by atoms with Crippen LogP contribution in [-0.4, -0.2) is 51.7 Å². The largest absolute Gasteiger partial charge is 0.497 e. The minimum absolute atomic E-state index is 0.256. The molecule has 0 aromatic heterocycles. The molecule has 1 aromatic rings. The molecule has 2 N–H and O–H groups in total. The van der Waals surface area contributed by atoms with Crippen molar-refractivity contribution in [2.24, 2.45) is 0 Å². The molecule has 0 atom stereocenters. The number of carbonyl (C=O) groups is 1. The minimum Gasteiger partial charge on any atom is -0.497 e. The zero-order valence-electron chi connectivity index (χ0n) is 14.3. The molecule has 126 valence electrons. The fourth-order valence-corrected chi connectivity index (χ4v) is 4.13. The molecular weight excluding hydrogens is 288 g/mol. The predicted molar refractivity (Wildman–Crippen MR) is 90.5 cm³/mol. The summed E-state index contributed by atoms with van der Waals surface area (Å²) in [5, 5.41) is 0. The van der Waals surface area contributed by atoms with E-state index in [-0.39, 0.29) is 5.78 Å². The molecule has 2 saturated heterocycles. The van der Waals surface area contributed by atoms with Gasteiger partial charge in [-0.05, 0) is 43.5 Å². The monoisotopic (exact) mass is 318 g/mol. The van der Waals surface area contributed by atoms with Gasteiger partial charge in [0.05, 0.1) is 39.3 Å². The van der Waals surface area contributed by atoms with Gasteiger partial charge in [-0.1, -0.05) is 0 Å². The Morgan fingerprint density at radius 1 is 1.04 bits per heavy atom. The molecule has 4 heteroatoms. The highest BCUT2D eigenvalue weighted by atomic mass is 16.5. The van der Waals surface area contributed by atoms with Crippen LogP contribution < -0.4 is 14.5 Å². The summed E-state index contributed by atoms with van der Waals surface area (Å²) < 4.78 is 5.15. The zero-order valence-corrected chi connectivity index (χ0v) is 14.3. The third kappa shape index (κ3) is 4.33. The number of likely N-dealkylation sites (tertiary alicyclic amines) is 2. The van der Waals surface area contributed by atoms with Gasteiger partial charge in [0.2, 0.25) is 5.78 Å². The summed E-state index contributed by atoms with van der Waals surface area (Å²) in [6.45, 7) is 5.66. The average molecular weight is 318 g/mol. The van der Waals surface area contributed by atoms with Gasteiger partial charge in [-0.15, -0.1) is 0 Å². The van der Waals surface area contributed by atoms with Crippen molar-refractivity contribution in [3.63, 3.8) is 0 Å². The molecule has 3 rings (SSSR count). The number of rotatable bonds is 5. The van der Waals surface area contributed by atoms with Crippen LogP contribution in [0.3, 0.4) is 0 Å². The number of Topliss-reactive ketones (excluding diaryl/α,β-unsaturated/α-hetero) is 1. The van der Waals surface area contributed by atoms with Crippen LogP contribution in [0.1, 0.15) is 42.5 Å². The molecule has 0 amide bonds. The van der Waals surface area contributed by atoms with Crippen LogP contribution in [0.5, 0.6) is 5.75 Å². The number of hydrogen-bond acceptors (Lipinski definition) is 2. The van der Waals surface area contributed by atoms with E-state index in [1.165, 1.54) is 50.1 Å². The maximum atomic E-state index is 12.4. The lowest BCUT2D eigenvalue weighted by Gasteiger charge is -2.35. The van der Waals surface area contributed by atoms with Gasteiger partial charge < -0.3 is 14.5 Å². The van der Waals surface area contributed by atoms with Crippen molar-refractivity contribution in [2.45, 2.75) is 38.1 Å². The van der Waals surface area contributed by atoms with Crippen LogP contribution in [0.25, 0.3) is 0 Å². The lowest BCUT2D eigenvalue weighted by atomic mass is 9.99. The van der Waals surface area contributed by atoms with Crippen LogP contribution in [0, 0.1) is 0 Å². The molecule has 2 fully saturated rings. The SMILES string of the molecule is COc1ccc(C(=O)C[NH+]2CCC([NH+]3CCCCC3)CC2)cc1. The Balaban J connectivity index is 1.46. The maximum absolute atomic E-state index is 12.4. The predicted octanol–water partition coefficient (Wildman–Crippen LogP) is -0.00600. The molecular formula is C19H30N2O2+2. The summed E-state index contributed by atoms with van der Waals surface area (Å²) in [6.07, 6.45) is 6.78. The van der Waals surface area contributed by atoms with Gasteiger partial charge in [0.1, 0.15) is 12.3 Å². The normalized spacial score (nSPS) is 26.0. The topological polar surface area (TPSA) is 35.2 Å². The number of ether oxygens (including phenoxy) is 1. The lowest BCUT2D eigenvalue weighted by molar-refractivity contribution is -0.958. The molecule has 0 saturated carbocycles. The quantitative estimate of drug-likeness (QED) is 0.750. The molecule has 4 nitrogen and oxygen atoms in total. The van der Waals surface area contributed by atoms with Gasteiger partial charge in [-0.25, -0.2) is 0 Å². The number of ketones is 1. The van der Waals surface area contributed by atoms with E-state index in [4.69, 9.17) is 4.74 Å². The number of hydrogen-bond donors (Lipinski definition) is 2. The first-order valence-corrected chi connectivity index (χ1v) is 9.11. The summed E-state index contributed by atoms with van der Waals surface area (Å²) >= 11 is 0. The van der Waals surface area contributed by atoms with Gasteiger partial charge in [-0.3, -0.25) is 4.79 Å². The van der Waals surface area contributed by atoms with E-state index >= 15 is 0 Å². The number of quaternary nitrogens is 2. The molecule has 2 aliphatic heterocycles. The highest BCUT2D eigenvalue weighted by molar-refractivity contribution is 5.96. The standard InChI is InChI=1S/C19H28N2O2/c1-23-18-7-5-16(6-8-18)19(22)15-20-13-9-17(10-14-20)21-11-3-2-4-12-21/h5-8,17H,2-4,9-15H2,1H3/p+2. The highest BCUT2D eigenvalue weighted by Crippen LogP contribution is 2.11. The third-order valence-corrected chi connectivity index (χ3v) is 5.59. The lowest BCUT2D eigenvalue weighted by Crippen LogP contribution is -3.21. The van der Waals surface area contributed by atoms with Crippen LogP contribution >= 0.6 is 0 Å². The molecule has 0 spiro atoms. The molecule has 2 aliphatic rings. The fraction of sp³-hybridized carbons (Fsp3) is 0.632. The molecule has 0 unspecified atom stereocenters. The summed E-state index contributed by atoms with van der Waals surface area (Å²) in [4.78, 5) is 15.7. The zero-order chi connectivity index (χ0) is 16.1. The first kappa shape index (κ1) is 16.5. The second-order valence-corrected chi connectivity index (χ2v) is 7.07. The highest BCUT2D eigenvalue weighted by Gasteiger charge is 2.31. The van der Waals surface area contributed by atoms with Crippen molar-refractivity contribution in [1.82, 2.24) is 0 Å². The molecule has 0 bridgehead atoms. The number of nitrogens with one attached hydrogen (secondary N) is 2. The van der Waals surface area contributed by atoms with Crippen molar-refractivity contribution in [2.75, 3.05) is 39.8 Å². The Morgan fingerprint density at radius 2 is 1.70 bits per heavy atom. The second-order valence-electron chi connectivity index (χ2n) is 7.07. The summed E-state index contributed by atoms with van der Waals surface area (Å²) in [7, 11) is 1.65. The van der Waals surface area contributed by atoms with E-state index in [1.54, 1.807) is 7.11 Å². The Bertz CT molecular complexity index is 501. The van der Waals surface area contributed by atoms with Gasteiger partial charge in [0.25, 0.3) is 0 Å². The fourth-order valence-electron chi connectivity index (χ4n) is 4.13. The van der Waals surface area contributed by atoms with E-state index in [0.717, 1.165) is 30.4 Å². The first-order chi connectivity index (χ1) is 11.3. The van der Waals surface area contributed by atoms with Crippen LogP contribution in [-0.2, 0) is 0 Å². The summed E-state index contributed by atoms with van der Waals surface area (Å²) in [6, 6.07) is 8.34. The molecule has 23 heavy (non-hydrogen) atoms. The average Bonchev–Trinajstić information content (AvgIpc) is 2.63. The third-order valence-electron chi connectivity index (χ3n) is 5.59. The number of piperidine rings is 2. The molecule has 1 aromatic carbocycles. The minimum atomic E-state index is 0.256. The Hall–Kier alpha value is -1.39. The van der Waals surface area contributed by atoms with Crippen LogP contribution in [0.4, 0.5) is 0 Å². The molecule has 0 radical (unpaired) electrons. The van der Waals surface area contributed by atoms with E-state index in [9.17, 15) is 4.79 Å². The van der Waals surface area contributed by atoms with Crippen LogP contribution in [0.2, 0.25) is 0 Å². The second kappa shape index (κ2) is 7.93. The number of carbonyl (C=O) groups excluding carboxylic acids is 1. The van der Waals surface area contributed by atoms with E-state index in [2.05, 4.69) is 0 Å². The number of methoxy groups -OCH3 is 1. The number of benzene rings is 1. The molecule has 2 heterocycles. The van der Waals surface area contributed by atoms with Gasteiger partial charge in [-0.2, -0.15) is 0 Å². The van der Waals surface area contributed by atoms with Crippen molar-refractivity contribution in [1.29, 1.82) is 0 Å². The summed E-state index contributed by atoms with van der Waals surface area (Å²) in [5.41, 5.74) is 0.807. The van der Waals surface area contributed by atoms with E-state index in [1.807, 2.05) is 29.2 Å². The van der Waals surface area contributed by atoms with E-state index < -0.39 is 0 Å². The van der Waals surface area contributed by atoms with Crippen molar-refractivity contribution in [3.8, 4) is 5.75 Å². The van der Waals surface area contributed by atoms with Crippen molar-refractivity contribution < 1.29 is 19.3 Å². The first-order valence-electron chi connectivity index (χ1n) is 9.11. The smallest absolute Gasteiger partial charge is 0.216 e. The van der Waals surface area contributed by atoms with Gasteiger partial charge >= 0.3 is 0 Å². The van der Waals surface area contributed by atoms with E-state index in [0.29, 0.717) is 6.54 Å². The molecule has 0 aliphatic carbocycles. The van der Waals surface area contributed by atoms with Crippen LogP contribution in [0.15, 0.2) is 24.3 Å². The summed E-state index contributed by atoms with van der Waals surface area (Å²) in [5.74, 6) is 1.06. The Labute approximate surface area is 139 Å². The van der Waals surface area contributed by atoms with Gasteiger partial charge in [0, 0.05) is 18.4 Å². The Morgan fingerprint density at radius 3 is 2.30 bits per heavy atom.